The number of unbranched alkanes of at least 4 members (excludes halogenated alkanes) is 1. The van der Waals surface area contributed by atoms with E-state index in [0.29, 0.717) is 25.4 Å². The van der Waals surface area contributed by atoms with E-state index in [-0.39, 0.29) is 17.2 Å². The van der Waals surface area contributed by atoms with Crippen LogP contribution in [0.4, 0.5) is 11.4 Å². The summed E-state index contributed by atoms with van der Waals surface area (Å²) >= 11 is 0. The van der Waals surface area contributed by atoms with Crippen molar-refractivity contribution in [1.82, 2.24) is 5.32 Å². The largest absolute Gasteiger partial charge is 0.385 e. The standard InChI is InChI=1S/C14H21N3O4/c1-3-15-13-7-6-11(17(19)20)10-12(13)14(18)16-8-4-5-9-21-2/h6-7,10,15H,3-5,8-9H2,1-2H3,(H,16,18). The molecule has 1 aromatic carbocycles. The van der Waals surface area contributed by atoms with Gasteiger partial charge in [-0.3, -0.25) is 14.9 Å². The van der Waals surface area contributed by atoms with E-state index < -0.39 is 4.92 Å². The molecular weight excluding hydrogens is 274 g/mol. The van der Waals surface area contributed by atoms with Gasteiger partial charge in [0.1, 0.15) is 0 Å². The average molecular weight is 295 g/mol. The highest BCUT2D eigenvalue weighted by Crippen LogP contribution is 2.22. The maximum Gasteiger partial charge on any atom is 0.270 e. The van der Waals surface area contributed by atoms with Gasteiger partial charge in [0.15, 0.2) is 0 Å². The van der Waals surface area contributed by atoms with Crippen LogP contribution in [0, 0.1) is 10.1 Å². The minimum atomic E-state index is -0.509. The molecule has 0 fully saturated rings. The van der Waals surface area contributed by atoms with E-state index in [2.05, 4.69) is 10.6 Å². The summed E-state index contributed by atoms with van der Waals surface area (Å²) in [5.74, 6) is -0.313. The summed E-state index contributed by atoms with van der Waals surface area (Å²) in [5.41, 5.74) is 0.788. The van der Waals surface area contributed by atoms with Crippen molar-refractivity contribution in [3.63, 3.8) is 0 Å². The van der Waals surface area contributed by atoms with E-state index in [9.17, 15) is 14.9 Å². The molecule has 0 aromatic heterocycles. The third-order valence-corrected chi connectivity index (χ3v) is 2.89. The number of amides is 1. The van der Waals surface area contributed by atoms with Gasteiger partial charge in [-0.1, -0.05) is 0 Å². The van der Waals surface area contributed by atoms with Crippen LogP contribution in [0.2, 0.25) is 0 Å². The van der Waals surface area contributed by atoms with Crippen molar-refractivity contribution in [3.8, 4) is 0 Å². The maximum atomic E-state index is 12.1. The lowest BCUT2D eigenvalue weighted by Gasteiger charge is -2.11. The van der Waals surface area contributed by atoms with Gasteiger partial charge in [0, 0.05) is 44.6 Å². The summed E-state index contributed by atoms with van der Waals surface area (Å²) in [6.07, 6.45) is 1.65. The van der Waals surface area contributed by atoms with Crippen molar-refractivity contribution < 1.29 is 14.5 Å². The van der Waals surface area contributed by atoms with Crippen molar-refractivity contribution in [2.24, 2.45) is 0 Å². The molecule has 0 aliphatic rings. The molecular formula is C14H21N3O4. The van der Waals surface area contributed by atoms with Crippen LogP contribution in [-0.4, -0.2) is 37.6 Å². The van der Waals surface area contributed by atoms with Crippen molar-refractivity contribution in [3.05, 3.63) is 33.9 Å². The SMILES string of the molecule is CCNc1ccc([N+](=O)[O-])cc1C(=O)NCCCCOC. The van der Waals surface area contributed by atoms with Gasteiger partial charge in [0.2, 0.25) is 0 Å². The van der Waals surface area contributed by atoms with Crippen molar-refractivity contribution in [2.75, 3.05) is 32.1 Å². The average Bonchev–Trinajstić information content (AvgIpc) is 2.47. The zero-order chi connectivity index (χ0) is 15.7. The van der Waals surface area contributed by atoms with E-state index in [1.807, 2.05) is 6.92 Å². The van der Waals surface area contributed by atoms with E-state index in [1.165, 1.54) is 12.1 Å². The number of ether oxygens (including phenoxy) is 1. The summed E-state index contributed by atoms with van der Waals surface area (Å²) in [5, 5.41) is 16.6. The van der Waals surface area contributed by atoms with Gasteiger partial charge in [-0.15, -0.1) is 0 Å². The first-order chi connectivity index (χ1) is 10.1. The summed E-state index contributed by atoms with van der Waals surface area (Å²) < 4.78 is 4.93. The molecule has 1 aromatic rings. The van der Waals surface area contributed by atoms with Gasteiger partial charge in [0.25, 0.3) is 11.6 Å². The molecule has 1 amide bonds. The van der Waals surface area contributed by atoms with Crippen LogP contribution in [0.15, 0.2) is 18.2 Å². The number of anilines is 1. The van der Waals surface area contributed by atoms with Gasteiger partial charge in [0.05, 0.1) is 10.5 Å². The van der Waals surface area contributed by atoms with Crippen molar-refractivity contribution in [1.29, 1.82) is 0 Å². The summed E-state index contributed by atoms with van der Waals surface area (Å²) in [6.45, 7) is 3.69. The van der Waals surface area contributed by atoms with Crippen LogP contribution < -0.4 is 10.6 Å². The first kappa shape index (κ1) is 16.9. The molecule has 0 bridgehead atoms. The maximum absolute atomic E-state index is 12.1. The van der Waals surface area contributed by atoms with E-state index in [4.69, 9.17) is 4.74 Å². The van der Waals surface area contributed by atoms with Crippen LogP contribution in [0.25, 0.3) is 0 Å². The van der Waals surface area contributed by atoms with Gasteiger partial charge >= 0.3 is 0 Å². The second-order valence-electron chi connectivity index (χ2n) is 4.47. The first-order valence-electron chi connectivity index (χ1n) is 6.89. The Hall–Kier alpha value is -2.15. The van der Waals surface area contributed by atoms with E-state index >= 15 is 0 Å². The third kappa shape index (κ3) is 5.39. The molecule has 0 spiro atoms. The van der Waals surface area contributed by atoms with Crippen LogP contribution in [0.1, 0.15) is 30.1 Å². The Balaban J connectivity index is 2.74. The van der Waals surface area contributed by atoms with Gasteiger partial charge in [-0.25, -0.2) is 0 Å². The van der Waals surface area contributed by atoms with E-state index in [1.54, 1.807) is 13.2 Å². The fourth-order valence-electron chi connectivity index (χ4n) is 1.85. The molecule has 7 heteroatoms. The predicted molar refractivity (Wildman–Crippen MR) is 80.7 cm³/mol. The van der Waals surface area contributed by atoms with Gasteiger partial charge < -0.3 is 15.4 Å². The Bertz CT molecular complexity index is 491. The quantitative estimate of drug-likeness (QED) is 0.414. The highest BCUT2D eigenvalue weighted by Gasteiger charge is 2.16. The molecule has 116 valence electrons. The number of carbonyl (C=O) groups is 1. The zero-order valence-corrected chi connectivity index (χ0v) is 12.3. The third-order valence-electron chi connectivity index (χ3n) is 2.89. The van der Waals surface area contributed by atoms with Gasteiger partial charge in [-0.2, -0.15) is 0 Å². The van der Waals surface area contributed by atoms with Crippen LogP contribution in [0.5, 0.6) is 0 Å². The molecule has 0 heterocycles. The number of rotatable bonds is 9. The molecule has 0 saturated heterocycles. The molecule has 0 saturated carbocycles. The number of nitro benzene ring substituents is 1. The monoisotopic (exact) mass is 295 g/mol. The second-order valence-corrected chi connectivity index (χ2v) is 4.47. The normalized spacial score (nSPS) is 10.2. The summed E-state index contributed by atoms with van der Waals surface area (Å²) in [7, 11) is 1.63. The smallest absolute Gasteiger partial charge is 0.270 e. The number of nitrogens with zero attached hydrogens (tertiary/aromatic N) is 1. The van der Waals surface area contributed by atoms with Gasteiger partial charge in [-0.05, 0) is 25.8 Å². The topological polar surface area (TPSA) is 93.5 Å². The Morgan fingerprint density at radius 1 is 1.38 bits per heavy atom. The number of benzene rings is 1. The van der Waals surface area contributed by atoms with Crippen LogP contribution in [-0.2, 0) is 4.74 Å². The molecule has 0 atom stereocenters. The number of hydrogen-bond acceptors (Lipinski definition) is 5. The lowest BCUT2D eigenvalue weighted by atomic mass is 10.1. The van der Waals surface area contributed by atoms with Crippen LogP contribution >= 0.6 is 0 Å². The number of nitro groups is 1. The molecule has 21 heavy (non-hydrogen) atoms. The molecule has 2 N–H and O–H groups in total. The van der Waals surface area contributed by atoms with Crippen molar-refractivity contribution in [2.45, 2.75) is 19.8 Å². The molecule has 1 rings (SSSR count). The lowest BCUT2D eigenvalue weighted by Crippen LogP contribution is -2.25. The fourth-order valence-corrected chi connectivity index (χ4v) is 1.85. The molecule has 0 radical (unpaired) electrons. The predicted octanol–water partition coefficient (Wildman–Crippen LogP) is 2.18. The number of methoxy groups -OCH3 is 1. The van der Waals surface area contributed by atoms with Crippen LogP contribution in [0.3, 0.4) is 0 Å². The Labute approximate surface area is 123 Å². The summed E-state index contributed by atoms with van der Waals surface area (Å²) in [6, 6.07) is 4.23. The Kier molecular flexibility index (Phi) is 7.17. The fraction of sp³-hybridized carbons (Fsp3) is 0.500. The number of non-ortho nitro benzene ring substituents is 1. The number of nitrogens with one attached hydrogen (secondary N) is 2. The van der Waals surface area contributed by atoms with E-state index in [0.717, 1.165) is 12.8 Å². The highest BCUT2D eigenvalue weighted by molar-refractivity contribution is 6.00. The van der Waals surface area contributed by atoms with Crippen molar-refractivity contribution >= 4 is 17.3 Å². The number of carbonyl (C=O) groups excluding carboxylic acids is 1. The minimum absolute atomic E-state index is 0.0961. The molecule has 0 aliphatic carbocycles. The molecule has 0 aliphatic heterocycles. The zero-order valence-electron chi connectivity index (χ0n) is 12.3. The number of hydrogen-bond donors (Lipinski definition) is 2. The highest BCUT2D eigenvalue weighted by atomic mass is 16.6. The first-order valence-corrected chi connectivity index (χ1v) is 6.89. The molecule has 7 nitrogen and oxygen atoms in total. The minimum Gasteiger partial charge on any atom is -0.385 e. The summed E-state index contributed by atoms with van der Waals surface area (Å²) in [4.78, 5) is 22.5. The second kappa shape index (κ2) is 8.91. The lowest BCUT2D eigenvalue weighted by molar-refractivity contribution is -0.384. The molecule has 0 unspecified atom stereocenters. The Morgan fingerprint density at radius 2 is 2.14 bits per heavy atom. The Morgan fingerprint density at radius 3 is 2.76 bits per heavy atom.